The largest absolute Gasteiger partial charge is 0.369 e. The molecular formula is C16H20N4O. The topological polar surface area (TPSA) is 66.9 Å². The van der Waals surface area contributed by atoms with Crippen molar-refractivity contribution in [1.82, 2.24) is 15.3 Å². The quantitative estimate of drug-likeness (QED) is 0.855. The van der Waals surface area contributed by atoms with Crippen molar-refractivity contribution in [2.45, 2.75) is 26.8 Å². The summed E-state index contributed by atoms with van der Waals surface area (Å²) < 4.78 is 0. The highest BCUT2D eigenvalue weighted by Crippen LogP contribution is 2.07. The molecule has 2 N–H and O–H groups in total. The molecule has 1 aromatic heterocycles. The van der Waals surface area contributed by atoms with Crippen LogP contribution in [0.5, 0.6) is 0 Å². The molecule has 1 heterocycles. The summed E-state index contributed by atoms with van der Waals surface area (Å²) in [5, 5.41) is 5.99. The highest BCUT2D eigenvalue weighted by molar-refractivity contribution is 5.92. The van der Waals surface area contributed by atoms with E-state index >= 15 is 0 Å². The fourth-order valence-electron chi connectivity index (χ4n) is 1.89. The molecule has 0 radical (unpaired) electrons. The van der Waals surface area contributed by atoms with Crippen LogP contribution in [-0.2, 0) is 6.54 Å². The second-order valence-electron chi connectivity index (χ2n) is 4.83. The molecule has 5 heteroatoms. The number of hydrogen-bond acceptors (Lipinski definition) is 4. The third-order valence-electron chi connectivity index (χ3n) is 3.12. The van der Waals surface area contributed by atoms with Crippen molar-refractivity contribution in [3.05, 3.63) is 53.5 Å². The number of amides is 1. The second kappa shape index (κ2) is 7.38. The number of nitrogens with zero attached hydrogens (tertiary/aromatic N) is 2. The maximum absolute atomic E-state index is 12.1. The van der Waals surface area contributed by atoms with Crippen molar-refractivity contribution in [3.63, 3.8) is 0 Å². The number of aryl methyl sites for hydroxylation is 1. The zero-order valence-electron chi connectivity index (χ0n) is 12.4. The maximum Gasteiger partial charge on any atom is 0.271 e. The Morgan fingerprint density at radius 1 is 1.24 bits per heavy atom. The van der Waals surface area contributed by atoms with Crippen LogP contribution in [0.3, 0.4) is 0 Å². The monoisotopic (exact) mass is 284 g/mol. The molecule has 0 aliphatic heterocycles. The standard InChI is InChI=1S/C16H20N4O/c1-3-8-18-15-11-17-10-14(20-15)16(21)19-9-13-7-5-4-6-12(13)2/h4-7,10-11H,3,8-9H2,1-2H3,(H,18,20)(H,19,21). The Morgan fingerprint density at radius 2 is 2.05 bits per heavy atom. The molecule has 2 aromatic rings. The molecule has 2 rings (SSSR count). The van der Waals surface area contributed by atoms with Gasteiger partial charge in [-0.15, -0.1) is 0 Å². The van der Waals surface area contributed by atoms with Crippen LogP contribution in [-0.4, -0.2) is 22.4 Å². The third kappa shape index (κ3) is 4.27. The molecule has 0 fully saturated rings. The first-order valence-corrected chi connectivity index (χ1v) is 7.09. The van der Waals surface area contributed by atoms with E-state index in [1.807, 2.05) is 31.2 Å². The van der Waals surface area contributed by atoms with Crippen molar-refractivity contribution in [1.29, 1.82) is 0 Å². The number of carbonyl (C=O) groups excluding carboxylic acids is 1. The van der Waals surface area contributed by atoms with Crippen LogP contribution in [0, 0.1) is 6.92 Å². The fourth-order valence-corrected chi connectivity index (χ4v) is 1.89. The Bertz CT molecular complexity index is 613. The summed E-state index contributed by atoms with van der Waals surface area (Å²) in [6, 6.07) is 7.97. The predicted octanol–water partition coefficient (Wildman–Crippen LogP) is 2.54. The van der Waals surface area contributed by atoms with Crippen LogP contribution >= 0.6 is 0 Å². The number of carbonyl (C=O) groups is 1. The molecule has 0 bridgehead atoms. The van der Waals surface area contributed by atoms with Gasteiger partial charge in [0.2, 0.25) is 0 Å². The van der Waals surface area contributed by atoms with Gasteiger partial charge in [0.05, 0.1) is 12.4 Å². The summed E-state index contributed by atoms with van der Waals surface area (Å²) in [7, 11) is 0. The van der Waals surface area contributed by atoms with Gasteiger partial charge in [-0.2, -0.15) is 0 Å². The van der Waals surface area contributed by atoms with E-state index in [9.17, 15) is 4.79 Å². The highest BCUT2D eigenvalue weighted by atomic mass is 16.1. The molecule has 0 unspecified atom stereocenters. The van der Waals surface area contributed by atoms with Gasteiger partial charge in [0.25, 0.3) is 5.91 Å². The second-order valence-corrected chi connectivity index (χ2v) is 4.83. The first kappa shape index (κ1) is 15.0. The van der Waals surface area contributed by atoms with Gasteiger partial charge in [-0.25, -0.2) is 4.98 Å². The molecule has 110 valence electrons. The summed E-state index contributed by atoms with van der Waals surface area (Å²) in [4.78, 5) is 20.4. The van der Waals surface area contributed by atoms with Gasteiger partial charge >= 0.3 is 0 Å². The maximum atomic E-state index is 12.1. The van der Waals surface area contributed by atoms with Crippen molar-refractivity contribution in [2.24, 2.45) is 0 Å². The van der Waals surface area contributed by atoms with Gasteiger partial charge < -0.3 is 10.6 Å². The van der Waals surface area contributed by atoms with Crippen molar-refractivity contribution >= 4 is 11.7 Å². The van der Waals surface area contributed by atoms with Crippen molar-refractivity contribution in [2.75, 3.05) is 11.9 Å². The lowest BCUT2D eigenvalue weighted by Gasteiger charge is -2.08. The Balaban J connectivity index is 1.98. The summed E-state index contributed by atoms with van der Waals surface area (Å²) >= 11 is 0. The summed E-state index contributed by atoms with van der Waals surface area (Å²) in [6.07, 6.45) is 4.09. The predicted molar refractivity (Wildman–Crippen MR) is 83.2 cm³/mol. The van der Waals surface area contributed by atoms with E-state index in [1.165, 1.54) is 6.20 Å². The number of rotatable bonds is 6. The van der Waals surface area contributed by atoms with Gasteiger partial charge in [0.1, 0.15) is 11.5 Å². The summed E-state index contributed by atoms with van der Waals surface area (Å²) in [5.74, 6) is 0.409. The van der Waals surface area contributed by atoms with E-state index in [0.29, 0.717) is 18.1 Å². The average molecular weight is 284 g/mol. The third-order valence-corrected chi connectivity index (χ3v) is 3.12. The van der Waals surface area contributed by atoms with E-state index in [0.717, 1.165) is 24.1 Å². The summed E-state index contributed by atoms with van der Waals surface area (Å²) in [5.41, 5.74) is 2.58. The Labute approximate surface area is 124 Å². The first-order chi connectivity index (χ1) is 10.2. The van der Waals surface area contributed by atoms with Gasteiger partial charge in [0, 0.05) is 13.1 Å². The zero-order valence-corrected chi connectivity index (χ0v) is 12.4. The number of aromatic nitrogens is 2. The van der Waals surface area contributed by atoms with Crippen LogP contribution in [0.1, 0.15) is 35.0 Å². The Kier molecular flexibility index (Phi) is 5.26. The van der Waals surface area contributed by atoms with Crippen molar-refractivity contribution < 1.29 is 4.79 Å². The van der Waals surface area contributed by atoms with Crippen LogP contribution in [0.2, 0.25) is 0 Å². The van der Waals surface area contributed by atoms with Crippen LogP contribution < -0.4 is 10.6 Å². The van der Waals surface area contributed by atoms with E-state index in [4.69, 9.17) is 0 Å². The summed E-state index contributed by atoms with van der Waals surface area (Å²) in [6.45, 7) is 5.39. The molecule has 1 aromatic carbocycles. The molecule has 0 saturated heterocycles. The minimum atomic E-state index is -0.217. The number of benzene rings is 1. The Hall–Kier alpha value is -2.43. The minimum absolute atomic E-state index is 0.217. The highest BCUT2D eigenvalue weighted by Gasteiger charge is 2.09. The van der Waals surface area contributed by atoms with Crippen molar-refractivity contribution in [3.8, 4) is 0 Å². The lowest BCUT2D eigenvalue weighted by Crippen LogP contribution is -2.24. The number of nitrogens with one attached hydrogen (secondary N) is 2. The lowest BCUT2D eigenvalue weighted by molar-refractivity contribution is 0.0945. The minimum Gasteiger partial charge on any atom is -0.369 e. The van der Waals surface area contributed by atoms with Crippen LogP contribution in [0.15, 0.2) is 36.7 Å². The zero-order chi connectivity index (χ0) is 15.1. The molecule has 21 heavy (non-hydrogen) atoms. The van der Waals surface area contributed by atoms with E-state index in [1.54, 1.807) is 6.20 Å². The van der Waals surface area contributed by atoms with Gasteiger partial charge in [-0.1, -0.05) is 31.2 Å². The molecule has 1 amide bonds. The van der Waals surface area contributed by atoms with E-state index in [2.05, 4.69) is 27.5 Å². The van der Waals surface area contributed by atoms with Gasteiger partial charge in [-0.05, 0) is 24.5 Å². The average Bonchev–Trinajstić information content (AvgIpc) is 2.52. The molecule has 0 spiro atoms. The molecule has 0 saturated carbocycles. The van der Waals surface area contributed by atoms with Gasteiger partial charge in [0.15, 0.2) is 0 Å². The lowest BCUT2D eigenvalue weighted by atomic mass is 10.1. The fraction of sp³-hybridized carbons (Fsp3) is 0.312. The smallest absolute Gasteiger partial charge is 0.271 e. The first-order valence-electron chi connectivity index (χ1n) is 7.09. The molecular weight excluding hydrogens is 264 g/mol. The Morgan fingerprint density at radius 3 is 2.81 bits per heavy atom. The van der Waals surface area contributed by atoms with Crippen LogP contribution in [0.25, 0.3) is 0 Å². The van der Waals surface area contributed by atoms with E-state index in [-0.39, 0.29) is 5.91 Å². The van der Waals surface area contributed by atoms with Crippen LogP contribution in [0.4, 0.5) is 5.82 Å². The molecule has 5 nitrogen and oxygen atoms in total. The number of anilines is 1. The normalized spacial score (nSPS) is 10.2. The van der Waals surface area contributed by atoms with Gasteiger partial charge in [-0.3, -0.25) is 9.78 Å². The molecule has 0 aliphatic carbocycles. The van der Waals surface area contributed by atoms with E-state index < -0.39 is 0 Å². The molecule has 0 aliphatic rings. The number of hydrogen-bond donors (Lipinski definition) is 2. The molecule has 0 atom stereocenters. The SMILES string of the molecule is CCCNc1cncc(C(=O)NCc2ccccc2C)n1.